The van der Waals surface area contributed by atoms with Gasteiger partial charge in [-0.05, 0) is 51.1 Å². The zero-order valence-electron chi connectivity index (χ0n) is 10.5. The third-order valence-corrected chi connectivity index (χ3v) is 3.26. The van der Waals surface area contributed by atoms with Gasteiger partial charge < -0.3 is 5.32 Å². The SMILES string of the molecule is Cc1ncnc(C)c1CC(C)CNC1CC1. The van der Waals surface area contributed by atoms with Crippen LogP contribution in [0.2, 0.25) is 0 Å². The van der Waals surface area contributed by atoms with E-state index < -0.39 is 0 Å². The number of rotatable bonds is 5. The van der Waals surface area contributed by atoms with Crippen LogP contribution >= 0.6 is 0 Å². The first-order valence-electron chi connectivity index (χ1n) is 6.17. The molecule has 1 aromatic rings. The molecular formula is C13H21N3. The highest BCUT2D eigenvalue weighted by molar-refractivity contribution is 5.23. The van der Waals surface area contributed by atoms with Crippen molar-refractivity contribution in [1.82, 2.24) is 15.3 Å². The first-order chi connectivity index (χ1) is 7.66. The summed E-state index contributed by atoms with van der Waals surface area (Å²) in [7, 11) is 0. The van der Waals surface area contributed by atoms with Gasteiger partial charge in [0, 0.05) is 17.4 Å². The van der Waals surface area contributed by atoms with Crippen LogP contribution < -0.4 is 5.32 Å². The van der Waals surface area contributed by atoms with Crippen molar-refractivity contribution in [2.45, 2.75) is 46.1 Å². The molecule has 1 aliphatic carbocycles. The van der Waals surface area contributed by atoms with Gasteiger partial charge in [-0.15, -0.1) is 0 Å². The molecule has 88 valence electrons. The molecule has 1 aromatic heterocycles. The monoisotopic (exact) mass is 219 g/mol. The topological polar surface area (TPSA) is 37.8 Å². The minimum Gasteiger partial charge on any atom is -0.314 e. The molecule has 1 atom stereocenters. The lowest BCUT2D eigenvalue weighted by atomic mass is 9.99. The Hall–Kier alpha value is -0.960. The van der Waals surface area contributed by atoms with Crippen LogP contribution in [0.1, 0.15) is 36.7 Å². The first kappa shape index (κ1) is 11.5. The summed E-state index contributed by atoms with van der Waals surface area (Å²) in [6.07, 6.45) is 5.46. The normalized spacial score (nSPS) is 17.4. The van der Waals surface area contributed by atoms with E-state index in [0.29, 0.717) is 5.92 Å². The minimum atomic E-state index is 0.656. The maximum atomic E-state index is 4.27. The second kappa shape index (κ2) is 4.91. The van der Waals surface area contributed by atoms with Gasteiger partial charge in [0.1, 0.15) is 6.33 Å². The molecule has 1 aliphatic rings. The van der Waals surface area contributed by atoms with Gasteiger partial charge in [-0.1, -0.05) is 6.92 Å². The van der Waals surface area contributed by atoms with Crippen molar-refractivity contribution >= 4 is 0 Å². The van der Waals surface area contributed by atoms with Gasteiger partial charge >= 0.3 is 0 Å². The summed E-state index contributed by atoms with van der Waals surface area (Å²) in [5, 5.41) is 3.57. The van der Waals surface area contributed by atoms with E-state index in [1.165, 1.54) is 18.4 Å². The van der Waals surface area contributed by atoms with E-state index in [0.717, 1.165) is 30.4 Å². The Morgan fingerprint density at radius 1 is 1.31 bits per heavy atom. The molecule has 3 heteroatoms. The van der Waals surface area contributed by atoms with Crippen LogP contribution in [0.25, 0.3) is 0 Å². The lowest BCUT2D eigenvalue weighted by molar-refractivity contribution is 0.505. The number of hydrogen-bond donors (Lipinski definition) is 1. The molecule has 1 saturated carbocycles. The highest BCUT2D eigenvalue weighted by Gasteiger charge is 2.21. The molecule has 0 bridgehead atoms. The lowest BCUT2D eigenvalue weighted by Crippen LogP contribution is -2.24. The van der Waals surface area contributed by atoms with Crippen molar-refractivity contribution in [3.05, 3.63) is 23.3 Å². The van der Waals surface area contributed by atoms with E-state index in [4.69, 9.17) is 0 Å². The Labute approximate surface area is 97.7 Å². The number of nitrogens with one attached hydrogen (secondary N) is 1. The summed E-state index contributed by atoms with van der Waals surface area (Å²) >= 11 is 0. The molecule has 0 aromatic carbocycles. The number of aromatic nitrogens is 2. The molecule has 0 radical (unpaired) electrons. The number of hydrogen-bond acceptors (Lipinski definition) is 3. The predicted octanol–water partition coefficient (Wildman–Crippen LogP) is 2.02. The molecule has 3 nitrogen and oxygen atoms in total. The Morgan fingerprint density at radius 2 is 1.94 bits per heavy atom. The van der Waals surface area contributed by atoms with Crippen LogP contribution in [0.15, 0.2) is 6.33 Å². The van der Waals surface area contributed by atoms with Crippen molar-refractivity contribution < 1.29 is 0 Å². The van der Waals surface area contributed by atoms with Crippen LogP contribution in [-0.2, 0) is 6.42 Å². The summed E-state index contributed by atoms with van der Waals surface area (Å²) in [6, 6.07) is 0.802. The molecule has 1 unspecified atom stereocenters. The fourth-order valence-corrected chi connectivity index (χ4v) is 1.99. The van der Waals surface area contributed by atoms with Gasteiger partial charge in [0.25, 0.3) is 0 Å². The second-order valence-corrected chi connectivity index (χ2v) is 5.01. The van der Waals surface area contributed by atoms with E-state index in [-0.39, 0.29) is 0 Å². The van der Waals surface area contributed by atoms with E-state index in [1.54, 1.807) is 6.33 Å². The van der Waals surface area contributed by atoms with Crippen molar-refractivity contribution in [1.29, 1.82) is 0 Å². The summed E-state index contributed by atoms with van der Waals surface area (Å²) in [4.78, 5) is 8.54. The fraction of sp³-hybridized carbons (Fsp3) is 0.692. The largest absolute Gasteiger partial charge is 0.314 e. The van der Waals surface area contributed by atoms with E-state index in [9.17, 15) is 0 Å². The van der Waals surface area contributed by atoms with E-state index >= 15 is 0 Å². The second-order valence-electron chi connectivity index (χ2n) is 5.01. The van der Waals surface area contributed by atoms with Gasteiger partial charge in [0.15, 0.2) is 0 Å². The van der Waals surface area contributed by atoms with Gasteiger partial charge in [0.05, 0.1) is 0 Å². The number of nitrogens with zero attached hydrogens (tertiary/aromatic N) is 2. The minimum absolute atomic E-state index is 0.656. The maximum absolute atomic E-state index is 4.27. The maximum Gasteiger partial charge on any atom is 0.115 e. The molecule has 1 heterocycles. The van der Waals surface area contributed by atoms with Gasteiger partial charge in [-0.3, -0.25) is 0 Å². The molecule has 0 saturated heterocycles. The summed E-state index contributed by atoms with van der Waals surface area (Å²) < 4.78 is 0. The third-order valence-electron chi connectivity index (χ3n) is 3.26. The molecular weight excluding hydrogens is 198 g/mol. The smallest absolute Gasteiger partial charge is 0.115 e. The first-order valence-corrected chi connectivity index (χ1v) is 6.17. The highest BCUT2D eigenvalue weighted by atomic mass is 14.9. The molecule has 0 amide bonds. The highest BCUT2D eigenvalue weighted by Crippen LogP contribution is 2.20. The van der Waals surface area contributed by atoms with Gasteiger partial charge in [-0.2, -0.15) is 0 Å². The molecule has 2 rings (SSSR count). The van der Waals surface area contributed by atoms with Crippen LogP contribution in [-0.4, -0.2) is 22.6 Å². The fourth-order valence-electron chi connectivity index (χ4n) is 1.99. The van der Waals surface area contributed by atoms with Crippen LogP contribution in [0.3, 0.4) is 0 Å². The van der Waals surface area contributed by atoms with Crippen molar-refractivity contribution in [2.24, 2.45) is 5.92 Å². The van der Waals surface area contributed by atoms with E-state index in [2.05, 4.69) is 36.1 Å². The molecule has 16 heavy (non-hydrogen) atoms. The van der Waals surface area contributed by atoms with Crippen molar-refractivity contribution in [3.8, 4) is 0 Å². The lowest BCUT2D eigenvalue weighted by Gasteiger charge is -2.14. The standard InChI is InChI=1S/C13H21N3/c1-9(7-14-12-4-5-12)6-13-10(2)15-8-16-11(13)3/h8-9,12,14H,4-7H2,1-3H3. The van der Waals surface area contributed by atoms with Crippen LogP contribution in [0.4, 0.5) is 0 Å². The Bertz CT molecular complexity index is 338. The van der Waals surface area contributed by atoms with Gasteiger partial charge in [0.2, 0.25) is 0 Å². The average molecular weight is 219 g/mol. The Kier molecular flexibility index (Phi) is 3.54. The van der Waals surface area contributed by atoms with E-state index in [1.807, 2.05) is 0 Å². The van der Waals surface area contributed by atoms with Gasteiger partial charge in [-0.25, -0.2) is 9.97 Å². The molecule has 0 spiro atoms. The molecule has 1 fully saturated rings. The zero-order chi connectivity index (χ0) is 11.5. The zero-order valence-corrected chi connectivity index (χ0v) is 10.5. The van der Waals surface area contributed by atoms with Crippen LogP contribution in [0.5, 0.6) is 0 Å². The quantitative estimate of drug-likeness (QED) is 0.823. The summed E-state index contributed by atoms with van der Waals surface area (Å²) in [5.74, 6) is 0.656. The Morgan fingerprint density at radius 3 is 2.50 bits per heavy atom. The summed E-state index contributed by atoms with van der Waals surface area (Å²) in [5.41, 5.74) is 3.59. The molecule has 1 N–H and O–H groups in total. The summed E-state index contributed by atoms with van der Waals surface area (Å²) in [6.45, 7) is 7.55. The van der Waals surface area contributed by atoms with Crippen molar-refractivity contribution in [2.75, 3.05) is 6.54 Å². The average Bonchev–Trinajstić information content (AvgIpc) is 3.04. The van der Waals surface area contributed by atoms with Crippen molar-refractivity contribution in [3.63, 3.8) is 0 Å². The predicted molar refractivity (Wildman–Crippen MR) is 65.4 cm³/mol. The van der Waals surface area contributed by atoms with Crippen LogP contribution in [0, 0.1) is 19.8 Å². The molecule has 0 aliphatic heterocycles. The third kappa shape index (κ3) is 3.01. The number of aryl methyl sites for hydroxylation is 2. The Balaban J connectivity index is 1.91.